The van der Waals surface area contributed by atoms with Crippen LogP contribution in [0.1, 0.15) is 26.7 Å². The number of ether oxygens (including phenoxy) is 1. The standard InChI is InChI=1S/C15H29N3O/c1-12(2)17-6-7-19-14(10-17)11-18-5-3-4-13-8-16-9-15(13)18/h12-16H,3-11H2,1-2H3. The molecule has 0 bridgehead atoms. The van der Waals surface area contributed by atoms with Gasteiger partial charge in [0.15, 0.2) is 0 Å². The highest BCUT2D eigenvalue weighted by Gasteiger charge is 2.36. The molecule has 0 amide bonds. The third-order valence-electron chi connectivity index (χ3n) is 5.13. The van der Waals surface area contributed by atoms with Crippen LogP contribution < -0.4 is 5.32 Å². The van der Waals surface area contributed by atoms with Gasteiger partial charge < -0.3 is 10.1 Å². The normalized spacial score (nSPS) is 37.7. The van der Waals surface area contributed by atoms with Crippen molar-refractivity contribution in [3.05, 3.63) is 0 Å². The van der Waals surface area contributed by atoms with E-state index in [9.17, 15) is 0 Å². The molecule has 4 nitrogen and oxygen atoms in total. The summed E-state index contributed by atoms with van der Waals surface area (Å²) in [5.41, 5.74) is 0. The predicted octanol–water partition coefficient (Wildman–Crippen LogP) is 0.779. The Bertz CT molecular complexity index is 297. The van der Waals surface area contributed by atoms with Gasteiger partial charge in [-0.15, -0.1) is 0 Å². The average molecular weight is 267 g/mol. The summed E-state index contributed by atoms with van der Waals surface area (Å²) >= 11 is 0. The van der Waals surface area contributed by atoms with Crippen molar-refractivity contribution in [3.8, 4) is 0 Å². The second kappa shape index (κ2) is 6.08. The highest BCUT2D eigenvalue weighted by atomic mass is 16.5. The van der Waals surface area contributed by atoms with Crippen LogP contribution in [0.25, 0.3) is 0 Å². The van der Waals surface area contributed by atoms with E-state index < -0.39 is 0 Å². The number of nitrogens with one attached hydrogen (secondary N) is 1. The highest BCUT2D eigenvalue weighted by Crippen LogP contribution is 2.27. The summed E-state index contributed by atoms with van der Waals surface area (Å²) in [4.78, 5) is 5.26. The lowest BCUT2D eigenvalue weighted by molar-refractivity contribution is -0.0614. The fraction of sp³-hybridized carbons (Fsp3) is 1.00. The maximum absolute atomic E-state index is 6.01. The fourth-order valence-electron chi connectivity index (χ4n) is 3.97. The Kier molecular flexibility index (Phi) is 4.42. The molecular weight excluding hydrogens is 238 g/mol. The van der Waals surface area contributed by atoms with Crippen molar-refractivity contribution < 1.29 is 4.74 Å². The van der Waals surface area contributed by atoms with E-state index in [4.69, 9.17) is 4.74 Å². The Labute approximate surface area is 117 Å². The van der Waals surface area contributed by atoms with Crippen molar-refractivity contribution in [1.29, 1.82) is 0 Å². The molecule has 3 atom stereocenters. The largest absolute Gasteiger partial charge is 0.374 e. The zero-order chi connectivity index (χ0) is 13.2. The van der Waals surface area contributed by atoms with Crippen LogP contribution in [0.2, 0.25) is 0 Å². The van der Waals surface area contributed by atoms with Gasteiger partial charge >= 0.3 is 0 Å². The van der Waals surface area contributed by atoms with Crippen molar-refractivity contribution in [2.24, 2.45) is 5.92 Å². The van der Waals surface area contributed by atoms with Crippen LogP contribution in [0, 0.1) is 5.92 Å². The Morgan fingerprint density at radius 1 is 1.26 bits per heavy atom. The van der Waals surface area contributed by atoms with Gasteiger partial charge in [-0.25, -0.2) is 0 Å². The SMILES string of the molecule is CC(C)N1CCOC(CN2CCCC3CNCC32)C1. The lowest BCUT2D eigenvalue weighted by atomic mass is 9.92. The third-order valence-corrected chi connectivity index (χ3v) is 5.13. The number of hydrogen-bond donors (Lipinski definition) is 1. The molecule has 1 N–H and O–H groups in total. The van der Waals surface area contributed by atoms with Gasteiger partial charge in [0.1, 0.15) is 0 Å². The summed E-state index contributed by atoms with van der Waals surface area (Å²) in [6.07, 6.45) is 3.19. The van der Waals surface area contributed by atoms with Crippen molar-refractivity contribution >= 4 is 0 Å². The molecule has 0 aromatic carbocycles. The summed E-state index contributed by atoms with van der Waals surface area (Å²) in [5, 5.41) is 3.57. The molecule has 0 aromatic heterocycles. The van der Waals surface area contributed by atoms with Crippen LogP contribution in [0.3, 0.4) is 0 Å². The lowest BCUT2D eigenvalue weighted by Crippen LogP contribution is -2.53. The summed E-state index contributed by atoms with van der Waals surface area (Å²) in [6, 6.07) is 1.42. The summed E-state index contributed by atoms with van der Waals surface area (Å²) < 4.78 is 6.01. The van der Waals surface area contributed by atoms with E-state index in [1.54, 1.807) is 0 Å². The predicted molar refractivity (Wildman–Crippen MR) is 77.4 cm³/mol. The van der Waals surface area contributed by atoms with Gasteiger partial charge in [0.2, 0.25) is 0 Å². The smallest absolute Gasteiger partial charge is 0.0829 e. The number of likely N-dealkylation sites (tertiary alicyclic amines) is 1. The maximum Gasteiger partial charge on any atom is 0.0829 e. The van der Waals surface area contributed by atoms with Crippen LogP contribution in [0.5, 0.6) is 0 Å². The molecule has 3 saturated heterocycles. The Morgan fingerprint density at radius 3 is 3.00 bits per heavy atom. The van der Waals surface area contributed by atoms with Crippen LogP contribution in [-0.2, 0) is 4.74 Å². The summed E-state index contributed by atoms with van der Waals surface area (Å²) in [5.74, 6) is 0.888. The third kappa shape index (κ3) is 3.13. The second-order valence-corrected chi connectivity index (χ2v) is 6.70. The van der Waals surface area contributed by atoms with E-state index in [1.807, 2.05) is 0 Å². The van der Waals surface area contributed by atoms with Gasteiger partial charge in [0.05, 0.1) is 12.7 Å². The lowest BCUT2D eigenvalue weighted by Gasteiger charge is -2.42. The zero-order valence-corrected chi connectivity index (χ0v) is 12.5. The molecule has 4 heteroatoms. The van der Waals surface area contributed by atoms with Crippen molar-refractivity contribution in [3.63, 3.8) is 0 Å². The molecule has 110 valence electrons. The Morgan fingerprint density at radius 2 is 2.16 bits per heavy atom. The van der Waals surface area contributed by atoms with Crippen molar-refractivity contribution in [2.45, 2.75) is 44.9 Å². The van der Waals surface area contributed by atoms with E-state index in [0.717, 1.165) is 38.2 Å². The molecular formula is C15H29N3O. The van der Waals surface area contributed by atoms with Crippen LogP contribution >= 0.6 is 0 Å². The monoisotopic (exact) mass is 267 g/mol. The van der Waals surface area contributed by atoms with E-state index in [-0.39, 0.29) is 0 Å². The number of rotatable bonds is 3. The first-order valence-electron chi connectivity index (χ1n) is 8.04. The summed E-state index contributed by atoms with van der Waals surface area (Å²) in [7, 11) is 0. The van der Waals surface area contributed by atoms with E-state index in [2.05, 4.69) is 29.0 Å². The minimum Gasteiger partial charge on any atom is -0.374 e. The molecule has 3 fully saturated rings. The first-order valence-corrected chi connectivity index (χ1v) is 8.04. The molecule has 0 saturated carbocycles. The van der Waals surface area contributed by atoms with Gasteiger partial charge in [0.25, 0.3) is 0 Å². The van der Waals surface area contributed by atoms with Crippen LogP contribution in [0.4, 0.5) is 0 Å². The average Bonchev–Trinajstić information content (AvgIpc) is 2.88. The van der Waals surface area contributed by atoms with Crippen molar-refractivity contribution in [1.82, 2.24) is 15.1 Å². The topological polar surface area (TPSA) is 27.7 Å². The molecule has 0 spiro atoms. The fourth-order valence-corrected chi connectivity index (χ4v) is 3.97. The number of piperidine rings is 1. The van der Waals surface area contributed by atoms with Crippen LogP contribution in [0.15, 0.2) is 0 Å². The molecule has 19 heavy (non-hydrogen) atoms. The Hall–Kier alpha value is -0.160. The highest BCUT2D eigenvalue weighted by molar-refractivity contribution is 4.93. The quantitative estimate of drug-likeness (QED) is 0.818. The number of nitrogens with zero attached hydrogens (tertiary/aromatic N) is 2. The minimum atomic E-state index is 0.412. The van der Waals surface area contributed by atoms with Gasteiger partial charge in [-0.1, -0.05) is 0 Å². The molecule has 3 heterocycles. The van der Waals surface area contributed by atoms with E-state index in [0.29, 0.717) is 12.1 Å². The van der Waals surface area contributed by atoms with Gasteiger partial charge in [-0.2, -0.15) is 0 Å². The zero-order valence-electron chi connectivity index (χ0n) is 12.5. The van der Waals surface area contributed by atoms with Crippen LogP contribution in [-0.4, -0.2) is 73.9 Å². The van der Waals surface area contributed by atoms with E-state index in [1.165, 1.54) is 32.5 Å². The molecule has 0 radical (unpaired) electrons. The maximum atomic E-state index is 6.01. The molecule has 3 unspecified atom stereocenters. The number of morpholine rings is 1. The van der Waals surface area contributed by atoms with Gasteiger partial charge in [-0.05, 0) is 45.7 Å². The Balaban J connectivity index is 1.55. The number of hydrogen-bond acceptors (Lipinski definition) is 4. The molecule has 3 aliphatic rings. The summed E-state index contributed by atoms with van der Waals surface area (Å²) in [6.45, 7) is 12.5. The number of fused-ring (bicyclic) bond motifs is 1. The first-order chi connectivity index (χ1) is 9.24. The molecule has 3 rings (SSSR count). The molecule has 3 aliphatic heterocycles. The van der Waals surface area contributed by atoms with Gasteiger partial charge in [-0.3, -0.25) is 9.80 Å². The minimum absolute atomic E-state index is 0.412. The van der Waals surface area contributed by atoms with E-state index >= 15 is 0 Å². The molecule has 0 aromatic rings. The second-order valence-electron chi connectivity index (χ2n) is 6.70. The molecule has 0 aliphatic carbocycles. The van der Waals surface area contributed by atoms with Gasteiger partial charge in [0, 0.05) is 38.3 Å². The van der Waals surface area contributed by atoms with Crippen molar-refractivity contribution in [2.75, 3.05) is 45.9 Å². The first kappa shape index (κ1) is 13.8.